The van der Waals surface area contributed by atoms with Gasteiger partial charge in [-0.3, -0.25) is 10.1 Å². The number of hydrogen-bond donors (Lipinski definition) is 0. The van der Waals surface area contributed by atoms with Crippen molar-refractivity contribution < 1.29 is 4.92 Å². The Morgan fingerprint density at radius 2 is 2.13 bits per heavy atom. The van der Waals surface area contributed by atoms with Gasteiger partial charge in [0.1, 0.15) is 23.7 Å². The van der Waals surface area contributed by atoms with Gasteiger partial charge in [-0.1, -0.05) is 0 Å². The van der Waals surface area contributed by atoms with Crippen LogP contribution in [-0.2, 0) is 13.0 Å². The number of rotatable bonds is 3. The van der Waals surface area contributed by atoms with Gasteiger partial charge in [-0.15, -0.1) is 10.2 Å². The van der Waals surface area contributed by atoms with Gasteiger partial charge in [0.15, 0.2) is 0 Å². The van der Waals surface area contributed by atoms with E-state index in [9.17, 15) is 10.1 Å². The molecule has 2 aromatic rings. The summed E-state index contributed by atoms with van der Waals surface area (Å²) in [5.74, 6) is 3.33. The largest absolute Gasteiger partial charge is 0.356 e. The third kappa shape index (κ3) is 2.54. The lowest BCUT2D eigenvalue weighted by molar-refractivity contribution is -0.385. The molecule has 8 heteroatoms. The number of fused-ring (bicyclic) bond motifs is 1. The Kier molecular flexibility index (Phi) is 3.44. The topological polar surface area (TPSA) is 90.0 Å². The van der Waals surface area contributed by atoms with Crippen molar-refractivity contribution in [3.05, 3.63) is 40.1 Å². The molecular formula is C15H18N6O2. The highest BCUT2D eigenvalue weighted by Crippen LogP contribution is 2.30. The minimum absolute atomic E-state index is 0.0255. The van der Waals surface area contributed by atoms with E-state index in [4.69, 9.17) is 0 Å². The Bertz CT molecular complexity index is 726. The van der Waals surface area contributed by atoms with Gasteiger partial charge in [0.25, 0.3) is 5.69 Å². The van der Waals surface area contributed by atoms with E-state index >= 15 is 0 Å². The third-order valence-electron chi connectivity index (χ3n) is 4.69. The minimum Gasteiger partial charge on any atom is -0.356 e. The number of aromatic nitrogens is 4. The number of nitrogens with zero attached hydrogens (tertiary/aromatic N) is 6. The van der Waals surface area contributed by atoms with E-state index in [1.807, 2.05) is 0 Å². The van der Waals surface area contributed by atoms with Gasteiger partial charge >= 0.3 is 0 Å². The van der Waals surface area contributed by atoms with Crippen LogP contribution in [0.3, 0.4) is 0 Å². The number of anilines is 1. The van der Waals surface area contributed by atoms with Gasteiger partial charge in [-0.25, -0.2) is 4.98 Å². The smallest absolute Gasteiger partial charge is 0.287 e. The molecule has 0 aliphatic carbocycles. The Morgan fingerprint density at radius 3 is 2.91 bits per heavy atom. The van der Waals surface area contributed by atoms with Crippen molar-refractivity contribution in [3.8, 4) is 0 Å². The summed E-state index contributed by atoms with van der Waals surface area (Å²) in [6.07, 6.45) is 5.66. The zero-order valence-corrected chi connectivity index (χ0v) is 12.8. The monoisotopic (exact) mass is 314 g/mol. The number of piperidine rings is 1. The minimum atomic E-state index is -0.421. The molecule has 0 saturated carbocycles. The number of nitro groups is 1. The molecule has 2 aliphatic rings. The van der Waals surface area contributed by atoms with E-state index in [1.165, 1.54) is 12.3 Å². The van der Waals surface area contributed by atoms with Crippen LogP contribution in [0.4, 0.5) is 11.5 Å². The molecule has 1 unspecified atom stereocenters. The summed E-state index contributed by atoms with van der Waals surface area (Å²) >= 11 is 0. The molecule has 23 heavy (non-hydrogen) atoms. The van der Waals surface area contributed by atoms with Crippen LogP contribution < -0.4 is 4.90 Å². The molecule has 0 amide bonds. The first kappa shape index (κ1) is 14.1. The predicted molar refractivity (Wildman–Crippen MR) is 83.4 cm³/mol. The average Bonchev–Trinajstić information content (AvgIpc) is 3.18. The lowest BCUT2D eigenvalue weighted by atomic mass is 9.97. The third-order valence-corrected chi connectivity index (χ3v) is 4.69. The van der Waals surface area contributed by atoms with Crippen molar-refractivity contribution in [2.75, 3.05) is 18.0 Å². The average molecular weight is 314 g/mol. The van der Waals surface area contributed by atoms with Gasteiger partial charge in [0, 0.05) is 38.0 Å². The second-order valence-electron chi connectivity index (χ2n) is 6.15. The van der Waals surface area contributed by atoms with Crippen LogP contribution in [0, 0.1) is 10.1 Å². The van der Waals surface area contributed by atoms with Gasteiger partial charge < -0.3 is 9.47 Å². The van der Waals surface area contributed by atoms with E-state index in [1.54, 1.807) is 6.07 Å². The molecule has 2 aliphatic heterocycles. The van der Waals surface area contributed by atoms with Crippen molar-refractivity contribution in [2.45, 2.75) is 38.1 Å². The van der Waals surface area contributed by atoms with Gasteiger partial charge in [-0.05, 0) is 25.3 Å². The maximum Gasteiger partial charge on any atom is 0.287 e. The van der Waals surface area contributed by atoms with Crippen LogP contribution >= 0.6 is 0 Å². The fourth-order valence-electron chi connectivity index (χ4n) is 3.54. The number of pyridine rings is 1. The summed E-state index contributed by atoms with van der Waals surface area (Å²) in [4.78, 5) is 16.8. The van der Waals surface area contributed by atoms with Crippen molar-refractivity contribution in [3.63, 3.8) is 0 Å². The van der Waals surface area contributed by atoms with Crippen LogP contribution in [0.2, 0.25) is 0 Å². The molecule has 4 rings (SSSR count). The summed E-state index contributed by atoms with van der Waals surface area (Å²) < 4.78 is 2.26. The molecule has 0 spiro atoms. The number of hydrogen-bond acceptors (Lipinski definition) is 6. The van der Waals surface area contributed by atoms with Crippen LogP contribution in [0.25, 0.3) is 0 Å². The van der Waals surface area contributed by atoms with Crippen molar-refractivity contribution in [2.24, 2.45) is 0 Å². The zero-order chi connectivity index (χ0) is 15.8. The molecule has 2 aromatic heterocycles. The van der Waals surface area contributed by atoms with E-state index in [-0.39, 0.29) is 5.69 Å². The van der Waals surface area contributed by atoms with E-state index in [2.05, 4.69) is 24.6 Å². The van der Waals surface area contributed by atoms with Crippen molar-refractivity contribution >= 4 is 11.5 Å². The maximum atomic E-state index is 10.7. The maximum absolute atomic E-state index is 10.7. The number of aryl methyl sites for hydroxylation is 1. The van der Waals surface area contributed by atoms with Crippen LogP contribution in [0.5, 0.6) is 0 Å². The van der Waals surface area contributed by atoms with Crippen molar-refractivity contribution in [1.82, 2.24) is 19.7 Å². The molecule has 1 saturated heterocycles. The summed E-state index contributed by atoms with van der Waals surface area (Å²) in [6, 6.07) is 3.25. The van der Waals surface area contributed by atoms with E-state index < -0.39 is 4.92 Å². The molecule has 0 radical (unpaired) electrons. The molecule has 1 atom stereocenters. The quantitative estimate of drug-likeness (QED) is 0.635. The molecule has 1 fully saturated rings. The van der Waals surface area contributed by atoms with Crippen LogP contribution in [0.15, 0.2) is 18.3 Å². The Hall–Kier alpha value is -2.51. The zero-order valence-electron chi connectivity index (χ0n) is 12.8. The standard InChI is InChI=1S/C15H18N6O2/c22-21(23)12-5-6-13(16-9-12)19-7-1-3-11(10-19)15-18-17-14-4-2-8-20(14)15/h5-6,9,11H,1-4,7-8,10H2. The Morgan fingerprint density at radius 1 is 1.22 bits per heavy atom. The summed E-state index contributed by atoms with van der Waals surface area (Å²) in [7, 11) is 0. The first-order valence-corrected chi connectivity index (χ1v) is 8.00. The molecule has 0 N–H and O–H groups in total. The molecule has 4 heterocycles. The van der Waals surface area contributed by atoms with Gasteiger partial charge in [0.2, 0.25) is 0 Å². The van der Waals surface area contributed by atoms with Crippen molar-refractivity contribution in [1.29, 1.82) is 0 Å². The summed E-state index contributed by atoms with van der Waals surface area (Å²) in [6.45, 7) is 2.77. The Labute approximate surface area is 133 Å². The molecule has 0 bridgehead atoms. The lowest BCUT2D eigenvalue weighted by Gasteiger charge is -2.33. The SMILES string of the molecule is O=[N+]([O-])c1ccc(N2CCCC(c3nnc4n3CCC4)C2)nc1. The second-order valence-corrected chi connectivity index (χ2v) is 6.15. The first-order valence-electron chi connectivity index (χ1n) is 8.00. The molecule has 120 valence electrons. The van der Waals surface area contributed by atoms with Gasteiger partial charge in [-0.2, -0.15) is 0 Å². The Balaban J connectivity index is 1.53. The normalized spacial score (nSPS) is 20.5. The first-order chi connectivity index (χ1) is 11.2. The fourth-order valence-corrected chi connectivity index (χ4v) is 3.54. The van der Waals surface area contributed by atoms with E-state index in [0.29, 0.717) is 5.92 Å². The summed E-state index contributed by atoms with van der Waals surface area (Å²) in [5, 5.41) is 19.4. The van der Waals surface area contributed by atoms with Crippen LogP contribution in [0.1, 0.15) is 36.8 Å². The fraction of sp³-hybridized carbons (Fsp3) is 0.533. The molecular weight excluding hydrogens is 296 g/mol. The lowest BCUT2D eigenvalue weighted by Crippen LogP contribution is -2.35. The highest BCUT2D eigenvalue weighted by Gasteiger charge is 2.29. The van der Waals surface area contributed by atoms with E-state index in [0.717, 1.165) is 62.8 Å². The highest BCUT2D eigenvalue weighted by molar-refractivity contribution is 5.43. The molecule has 8 nitrogen and oxygen atoms in total. The van der Waals surface area contributed by atoms with Crippen LogP contribution in [-0.4, -0.2) is 37.8 Å². The summed E-state index contributed by atoms with van der Waals surface area (Å²) in [5.41, 5.74) is 0.0255. The molecule has 0 aromatic carbocycles. The second kappa shape index (κ2) is 5.60. The highest BCUT2D eigenvalue weighted by atomic mass is 16.6. The van der Waals surface area contributed by atoms with Gasteiger partial charge in [0.05, 0.1) is 4.92 Å². The predicted octanol–water partition coefficient (Wildman–Crippen LogP) is 1.91.